The summed E-state index contributed by atoms with van der Waals surface area (Å²) >= 11 is 5.90. The summed E-state index contributed by atoms with van der Waals surface area (Å²) in [6.45, 7) is 1.34. The lowest BCUT2D eigenvalue weighted by Crippen LogP contribution is -2.40. The van der Waals surface area contributed by atoms with Crippen LogP contribution < -0.4 is 9.46 Å². The van der Waals surface area contributed by atoms with E-state index >= 15 is 0 Å². The first kappa shape index (κ1) is 22.0. The summed E-state index contributed by atoms with van der Waals surface area (Å²) in [6, 6.07) is 10.4. The summed E-state index contributed by atoms with van der Waals surface area (Å²) in [5.74, 6) is 0.175. The molecular weight excluding hydrogens is 440 g/mol. The summed E-state index contributed by atoms with van der Waals surface area (Å²) in [4.78, 5) is 0.0848. The van der Waals surface area contributed by atoms with Crippen molar-refractivity contribution in [3.05, 3.63) is 53.1 Å². The Labute approximate surface area is 175 Å². The number of methoxy groups -OCH3 is 1. The van der Waals surface area contributed by atoms with Gasteiger partial charge in [-0.25, -0.2) is 21.6 Å². The Balaban J connectivity index is 1.73. The molecule has 29 heavy (non-hydrogen) atoms. The number of benzene rings is 2. The van der Waals surface area contributed by atoms with Gasteiger partial charge in [0.05, 0.1) is 25.2 Å². The zero-order chi connectivity index (χ0) is 21.1. The Bertz CT molecular complexity index is 1070. The molecule has 0 saturated carbocycles. The molecule has 158 valence electrons. The third-order valence-electron chi connectivity index (χ3n) is 4.41. The highest BCUT2D eigenvalue weighted by Crippen LogP contribution is 2.27. The largest absolute Gasteiger partial charge is 0.495 e. The predicted molar refractivity (Wildman–Crippen MR) is 108 cm³/mol. The van der Waals surface area contributed by atoms with E-state index in [-0.39, 0.29) is 27.1 Å². The Morgan fingerprint density at radius 3 is 2.34 bits per heavy atom. The molecule has 0 unspecified atom stereocenters. The number of hydrogen-bond donors (Lipinski definition) is 1. The molecule has 1 aliphatic heterocycles. The summed E-state index contributed by atoms with van der Waals surface area (Å²) < 4.78 is 64.6. The van der Waals surface area contributed by atoms with Gasteiger partial charge in [-0.1, -0.05) is 23.7 Å². The van der Waals surface area contributed by atoms with Crippen LogP contribution >= 0.6 is 11.6 Å². The van der Waals surface area contributed by atoms with E-state index in [0.29, 0.717) is 31.9 Å². The van der Waals surface area contributed by atoms with Gasteiger partial charge in [-0.15, -0.1) is 0 Å². The second kappa shape index (κ2) is 8.99. The average molecular weight is 461 g/mol. The summed E-state index contributed by atoms with van der Waals surface area (Å²) in [5, 5.41) is 0.267. The fourth-order valence-electron chi connectivity index (χ4n) is 2.83. The molecule has 8 nitrogen and oxygen atoms in total. The van der Waals surface area contributed by atoms with Crippen molar-refractivity contribution in [2.75, 3.05) is 33.4 Å². The van der Waals surface area contributed by atoms with E-state index in [9.17, 15) is 16.8 Å². The molecule has 0 atom stereocenters. The Hall–Kier alpha value is -1.69. The zero-order valence-corrected chi connectivity index (χ0v) is 18.1. The number of nitrogens with one attached hydrogen (secondary N) is 1. The third kappa shape index (κ3) is 5.08. The Morgan fingerprint density at radius 2 is 1.72 bits per heavy atom. The quantitative estimate of drug-likeness (QED) is 0.676. The monoisotopic (exact) mass is 460 g/mol. The number of sulfonamides is 2. The molecule has 0 aromatic heterocycles. The highest BCUT2D eigenvalue weighted by Gasteiger charge is 2.26. The third-order valence-corrected chi connectivity index (χ3v) is 7.98. The van der Waals surface area contributed by atoms with Crippen LogP contribution in [0.1, 0.15) is 5.56 Å². The second-order valence-corrected chi connectivity index (χ2v) is 10.4. The molecule has 1 N–H and O–H groups in total. The lowest BCUT2D eigenvalue weighted by Gasteiger charge is -2.26. The molecule has 1 aliphatic rings. The van der Waals surface area contributed by atoms with Crippen LogP contribution in [0.3, 0.4) is 0 Å². The molecule has 0 amide bonds. The van der Waals surface area contributed by atoms with Gasteiger partial charge in [-0.05, 0) is 35.9 Å². The topological polar surface area (TPSA) is 102 Å². The molecule has 1 fully saturated rings. The maximum absolute atomic E-state index is 12.6. The van der Waals surface area contributed by atoms with Gasteiger partial charge in [0.2, 0.25) is 20.0 Å². The van der Waals surface area contributed by atoms with Crippen molar-refractivity contribution in [1.82, 2.24) is 9.03 Å². The van der Waals surface area contributed by atoms with Gasteiger partial charge in [0, 0.05) is 24.7 Å². The van der Waals surface area contributed by atoms with Gasteiger partial charge in [-0.2, -0.15) is 4.31 Å². The van der Waals surface area contributed by atoms with Gasteiger partial charge >= 0.3 is 0 Å². The lowest BCUT2D eigenvalue weighted by atomic mass is 10.2. The minimum Gasteiger partial charge on any atom is -0.495 e. The number of ether oxygens (including phenoxy) is 2. The van der Waals surface area contributed by atoms with Crippen LogP contribution in [0.4, 0.5) is 0 Å². The highest BCUT2D eigenvalue weighted by molar-refractivity contribution is 7.89. The van der Waals surface area contributed by atoms with E-state index in [1.165, 1.54) is 41.7 Å². The van der Waals surface area contributed by atoms with Crippen molar-refractivity contribution in [2.45, 2.75) is 16.3 Å². The first-order valence-electron chi connectivity index (χ1n) is 8.74. The molecule has 0 radical (unpaired) electrons. The molecule has 0 aliphatic carbocycles. The summed E-state index contributed by atoms with van der Waals surface area (Å²) in [6.07, 6.45) is 0. The number of hydrogen-bond acceptors (Lipinski definition) is 6. The summed E-state index contributed by atoms with van der Waals surface area (Å²) in [7, 11) is -6.10. The van der Waals surface area contributed by atoms with Crippen molar-refractivity contribution >= 4 is 31.6 Å². The van der Waals surface area contributed by atoms with Crippen LogP contribution in [-0.4, -0.2) is 54.6 Å². The molecule has 0 spiro atoms. The first-order valence-corrected chi connectivity index (χ1v) is 12.0. The minimum absolute atomic E-state index is 0.0180. The van der Waals surface area contributed by atoms with Crippen LogP contribution in [0, 0.1) is 0 Å². The molecular formula is C18H21ClN2O6S2. The van der Waals surface area contributed by atoms with E-state index in [1.807, 2.05) is 0 Å². The minimum atomic E-state index is -3.88. The van der Waals surface area contributed by atoms with E-state index in [4.69, 9.17) is 21.1 Å². The molecule has 2 aromatic carbocycles. The van der Waals surface area contributed by atoms with Crippen molar-refractivity contribution in [3.63, 3.8) is 0 Å². The molecule has 1 saturated heterocycles. The van der Waals surface area contributed by atoms with E-state index in [2.05, 4.69) is 4.72 Å². The number of halogens is 1. The Morgan fingerprint density at radius 1 is 1.07 bits per heavy atom. The average Bonchev–Trinajstić information content (AvgIpc) is 2.73. The van der Waals surface area contributed by atoms with Gasteiger partial charge < -0.3 is 9.47 Å². The number of morpholine rings is 1. The van der Waals surface area contributed by atoms with Gasteiger partial charge in [-0.3, -0.25) is 0 Å². The van der Waals surface area contributed by atoms with Crippen molar-refractivity contribution in [2.24, 2.45) is 0 Å². The molecule has 2 aromatic rings. The van der Waals surface area contributed by atoms with Crippen molar-refractivity contribution in [3.8, 4) is 5.75 Å². The van der Waals surface area contributed by atoms with Crippen LogP contribution in [-0.2, 0) is 31.3 Å². The zero-order valence-electron chi connectivity index (χ0n) is 15.7. The number of rotatable bonds is 7. The van der Waals surface area contributed by atoms with Gasteiger partial charge in [0.15, 0.2) is 0 Å². The van der Waals surface area contributed by atoms with Gasteiger partial charge in [0.1, 0.15) is 10.6 Å². The maximum atomic E-state index is 12.6. The SMILES string of the molecule is COc1ccc(Cl)cc1S(=O)(=O)NCc1ccc(S(=O)(=O)N2CCOCC2)cc1. The highest BCUT2D eigenvalue weighted by atomic mass is 35.5. The second-order valence-electron chi connectivity index (χ2n) is 6.28. The van der Waals surface area contributed by atoms with Crippen molar-refractivity contribution in [1.29, 1.82) is 0 Å². The number of nitrogens with zero attached hydrogens (tertiary/aromatic N) is 1. The predicted octanol–water partition coefficient (Wildman–Crippen LogP) is 1.85. The van der Waals surface area contributed by atoms with Crippen LogP contribution in [0.25, 0.3) is 0 Å². The van der Waals surface area contributed by atoms with Crippen LogP contribution in [0.5, 0.6) is 5.75 Å². The van der Waals surface area contributed by atoms with E-state index in [0.717, 1.165) is 0 Å². The molecule has 1 heterocycles. The molecule has 0 bridgehead atoms. The Kier molecular flexibility index (Phi) is 6.82. The van der Waals surface area contributed by atoms with Crippen LogP contribution in [0.2, 0.25) is 5.02 Å². The fourth-order valence-corrected chi connectivity index (χ4v) is 5.69. The van der Waals surface area contributed by atoms with Crippen molar-refractivity contribution < 1.29 is 26.3 Å². The fraction of sp³-hybridized carbons (Fsp3) is 0.333. The van der Waals surface area contributed by atoms with Gasteiger partial charge in [0.25, 0.3) is 0 Å². The first-order chi connectivity index (χ1) is 13.7. The van der Waals surface area contributed by atoms with E-state index in [1.54, 1.807) is 12.1 Å². The van der Waals surface area contributed by atoms with Crippen LogP contribution in [0.15, 0.2) is 52.3 Å². The normalized spacial score (nSPS) is 15.9. The smallest absolute Gasteiger partial charge is 0.244 e. The molecule has 3 rings (SSSR count). The molecule has 11 heteroatoms. The standard InChI is InChI=1S/C18H21ClN2O6S2/c1-26-17-7-4-15(19)12-18(17)28(22,23)20-13-14-2-5-16(6-3-14)29(24,25)21-8-10-27-11-9-21/h2-7,12,20H,8-11,13H2,1H3. The summed E-state index contributed by atoms with van der Waals surface area (Å²) in [5.41, 5.74) is 0.607. The maximum Gasteiger partial charge on any atom is 0.244 e. The lowest BCUT2D eigenvalue weighted by molar-refractivity contribution is 0.0730. The van der Waals surface area contributed by atoms with E-state index < -0.39 is 20.0 Å².